The van der Waals surface area contributed by atoms with Crippen LogP contribution < -0.4 is 0 Å². The van der Waals surface area contributed by atoms with Gasteiger partial charge in [-0.2, -0.15) is 0 Å². The van der Waals surface area contributed by atoms with E-state index in [2.05, 4.69) is 26.8 Å². The monoisotopic (exact) mass is 224 g/mol. The van der Waals surface area contributed by atoms with Gasteiger partial charge in [0.1, 0.15) is 12.1 Å². The molecule has 0 aliphatic rings. The molecule has 0 aromatic rings. The Bertz CT molecular complexity index is 249. The van der Waals surface area contributed by atoms with Crippen LogP contribution in [0.1, 0.15) is 53.4 Å². The van der Waals surface area contributed by atoms with Gasteiger partial charge in [0.2, 0.25) is 0 Å². The third-order valence-electron chi connectivity index (χ3n) is 2.91. The Morgan fingerprint density at radius 2 is 1.81 bits per heavy atom. The van der Waals surface area contributed by atoms with Gasteiger partial charge in [-0.1, -0.05) is 18.6 Å². The molecule has 0 amide bonds. The molecule has 0 spiro atoms. The molecule has 0 fully saturated rings. The minimum absolute atomic E-state index is 0.0365. The maximum atomic E-state index is 10.9. The third-order valence-corrected chi connectivity index (χ3v) is 2.91. The maximum absolute atomic E-state index is 10.9. The van der Waals surface area contributed by atoms with Crippen molar-refractivity contribution in [1.82, 2.24) is 0 Å². The van der Waals surface area contributed by atoms with E-state index in [-0.39, 0.29) is 11.7 Å². The van der Waals surface area contributed by atoms with E-state index >= 15 is 0 Å². The van der Waals surface area contributed by atoms with Crippen LogP contribution in [0.2, 0.25) is 0 Å². The van der Waals surface area contributed by atoms with Gasteiger partial charge in [-0.15, -0.1) is 0 Å². The van der Waals surface area contributed by atoms with Gasteiger partial charge in [-0.25, -0.2) is 0 Å². The van der Waals surface area contributed by atoms with Crippen LogP contribution in [0.4, 0.5) is 0 Å². The van der Waals surface area contributed by atoms with Crippen molar-refractivity contribution in [3.05, 3.63) is 11.6 Å². The molecule has 0 heterocycles. The number of allylic oxidation sites excluding steroid dienone is 2. The van der Waals surface area contributed by atoms with Crippen molar-refractivity contribution in [2.24, 2.45) is 11.8 Å². The molecule has 16 heavy (non-hydrogen) atoms. The molecule has 2 nitrogen and oxygen atoms in total. The Morgan fingerprint density at radius 3 is 2.25 bits per heavy atom. The number of Topliss-reactive ketones (excluding diaryl/α,β-unsaturated/α-hetero) is 1. The van der Waals surface area contributed by atoms with Crippen LogP contribution in [0.15, 0.2) is 11.6 Å². The van der Waals surface area contributed by atoms with Crippen LogP contribution >= 0.6 is 0 Å². The van der Waals surface area contributed by atoms with Gasteiger partial charge in [0.05, 0.1) is 0 Å². The first-order valence-electron chi connectivity index (χ1n) is 6.05. The fourth-order valence-electron chi connectivity index (χ4n) is 1.71. The molecule has 0 saturated carbocycles. The average Bonchev–Trinajstić information content (AvgIpc) is 2.17. The van der Waals surface area contributed by atoms with Crippen LogP contribution in [0.3, 0.4) is 0 Å². The predicted octanol–water partition coefficient (Wildman–Crippen LogP) is 3.55. The van der Waals surface area contributed by atoms with Crippen molar-refractivity contribution < 1.29 is 9.59 Å². The van der Waals surface area contributed by atoms with Gasteiger partial charge in [-0.05, 0) is 46.0 Å². The molecule has 0 aromatic carbocycles. The van der Waals surface area contributed by atoms with Crippen molar-refractivity contribution in [2.75, 3.05) is 0 Å². The average molecular weight is 224 g/mol. The largest absolute Gasteiger partial charge is 0.303 e. The normalized spacial score (nSPS) is 14.0. The summed E-state index contributed by atoms with van der Waals surface area (Å²) in [5, 5.41) is 0. The Balaban J connectivity index is 4.00. The molecule has 0 N–H and O–H groups in total. The highest BCUT2D eigenvalue weighted by molar-refractivity contribution is 5.75. The lowest BCUT2D eigenvalue weighted by Crippen LogP contribution is -2.14. The summed E-state index contributed by atoms with van der Waals surface area (Å²) in [6.07, 6.45) is 6.48. The highest BCUT2D eigenvalue weighted by Gasteiger charge is 2.16. The SMILES string of the molecule is CC(=O)CC[C@H](C=O)[C@H](C)CCC=C(C)C. The molecule has 0 aliphatic carbocycles. The van der Waals surface area contributed by atoms with E-state index < -0.39 is 0 Å². The fraction of sp³-hybridized carbons (Fsp3) is 0.714. The van der Waals surface area contributed by atoms with Crippen LogP contribution in [-0.2, 0) is 9.59 Å². The molecule has 2 heteroatoms. The summed E-state index contributed by atoms with van der Waals surface area (Å²) >= 11 is 0. The second-order valence-corrected chi connectivity index (χ2v) is 4.88. The van der Waals surface area contributed by atoms with Crippen LogP contribution in [-0.4, -0.2) is 12.1 Å². The van der Waals surface area contributed by atoms with Crippen LogP contribution in [0.25, 0.3) is 0 Å². The van der Waals surface area contributed by atoms with E-state index in [1.165, 1.54) is 5.57 Å². The number of rotatable bonds is 8. The fourth-order valence-corrected chi connectivity index (χ4v) is 1.71. The van der Waals surface area contributed by atoms with E-state index in [1.807, 2.05) is 0 Å². The summed E-state index contributed by atoms with van der Waals surface area (Å²) in [4.78, 5) is 21.8. The number of aldehydes is 1. The molecule has 0 radical (unpaired) electrons. The topological polar surface area (TPSA) is 34.1 Å². The highest BCUT2D eigenvalue weighted by atomic mass is 16.1. The molecule has 0 unspecified atom stereocenters. The van der Waals surface area contributed by atoms with Gasteiger partial charge in [0.15, 0.2) is 0 Å². The number of ketones is 1. The predicted molar refractivity (Wildman–Crippen MR) is 67.3 cm³/mol. The molecule has 0 aromatic heterocycles. The van der Waals surface area contributed by atoms with Gasteiger partial charge in [0, 0.05) is 12.3 Å². The number of carbonyl (C=O) groups excluding carboxylic acids is 2. The van der Waals surface area contributed by atoms with Crippen molar-refractivity contribution in [2.45, 2.75) is 53.4 Å². The first-order valence-corrected chi connectivity index (χ1v) is 6.05. The third kappa shape index (κ3) is 7.38. The lowest BCUT2D eigenvalue weighted by atomic mass is 9.87. The molecule has 92 valence electrons. The number of carbonyl (C=O) groups is 2. The van der Waals surface area contributed by atoms with Crippen molar-refractivity contribution >= 4 is 12.1 Å². The van der Waals surface area contributed by atoms with Crippen LogP contribution in [0.5, 0.6) is 0 Å². The minimum atomic E-state index is 0.0365. The smallest absolute Gasteiger partial charge is 0.129 e. The summed E-state index contributed by atoms with van der Waals surface area (Å²) in [5.41, 5.74) is 1.32. The van der Waals surface area contributed by atoms with E-state index in [1.54, 1.807) is 6.92 Å². The maximum Gasteiger partial charge on any atom is 0.129 e. The number of hydrogen-bond acceptors (Lipinski definition) is 2. The summed E-state index contributed by atoms with van der Waals surface area (Å²) < 4.78 is 0. The van der Waals surface area contributed by atoms with E-state index in [9.17, 15) is 9.59 Å². The standard InChI is InChI=1S/C14H24O2/c1-11(2)6-5-7-12(3)14(10-15)9-8-13(4)16/h6,10,12,14H,5,7-9H2,1-4H3/t12-,14-/m1/s1. The zero-order valence-corrected chi connectivity index (χ0v) is 11.0. The summed E-state index contributed by atoms with van der Waals surface area (Å²) in [6, 6.07) is 0. The zero-order valence-electron chi connectivity index (χ0n) is 11.0. The second-order valence-electron chi connectivity index (χ2n) is 4.88. The molecule has 2 atom stereocenters. The molecule has 0 saturated heterocycles. The summed E-state index contributed by atoms with van der Waals surface area (Å²) in [7, 11) is 0. The Labute approximate surface area is 99.1 Å². The molecular formula is C14H24O2. The molecule has 0 bridgehead atoms. The van der Waals surface area contributed by atoms with Gasteiger partial charge in [-0.3, -0.25) is 0 Å². The second kappa shape index (κ2) is 8.26. The molecule has 0 rings (SSSR count). The Morgan fingerprint density at radius 1 is 1.19 bits per heavy atom. The van der Waals surface area contributed by atoms with E-state index in [0.29, 0.717) is 18.8 Å². The number of hydrogen-bond donors (Lipinski definition) is 0. The van der Waals surface area contributed by atoms with Gasteiger partial charge in [0.25, 0.3) is 0 Å². The van der Waals surface area contributed by atoms with E-state index in [4.69, 9.17) is 0 Å². The van der Waals surface area contributed by atoms with Crippen molar-refractivity contribution in [3.8, 4) is 0 Å². The first kappa shape index (κ1) is 15.1. The zero-order chi connectivity index (χ0) is 12.6. The summed E-state index contributed by atoms with van der Waals surface area (Å²) in [5.74, 6) is 0.574. The Kier molecular flexibility index (Phi) is 7.78. The highest BCUT2D eigenvalue weighted by Crippen LogP contribution is 2.21. The summed E-state index contributed by atoms with van der Waals surface area (Å²) in [6.45, 7) is 7.84. The first-order chi connectivity index (χ1) is 7.47. The van der Waals surface area contributed by atoms with Crippen molar-refractivity contribution in [3.63, 3.8) is 0 Å². The van der Waals surface area contributed by atoms with Crippen molar-refractivity contribution in [1.29, 1.82) is 0 Å². The van der Waals surface area contributed by atoms with Crippen LogP contribution in [0, 0.1) is 11.8 Å². The minimum Gasteiger partial charge on any atom is -0.303 e. The Hall–Kier alpha value is -0.920. The van der Waals surface area contributed by atoms with E-state index in [0.717, 1.165) is 19.1 Å². The van der Waals surface area contributed by atoms with Gasteiger partial charge >= 0.3 is 0 Å². The van der Waals surface area contributed by atoms with Gasteiger partial charge < -0.3 is 9.59 Å². The lowest BCUT2D eigenvalue weighted by Gasteiger charge is -2.17. The molecular weight excluding hydrogens is 200 g/mol. The molecule has 0 aliphatic heterocycles. The quantitative estimate of drug-likeness (QED) is 0.466. The lowest BCUT2D eigenvalue weighted by molar-refractivity contribution is -0.117.